The second kappa shape index (κ2) is 6.44. The van der Waals surface area contributed by atoms with Crippen molar-refractivity contribution in [3.05, 3.63) is 22.4 Å². The van der Waals surface area contributed by atoms with Gasteiger partial charge in [-0.25, -0.2) is 13.4 Å². The second-order valence-corrected chi connectivity index (χ2v) is 7.35. The molecule has 0 spiro atoms. The summed E-state index contributed by atoms with van der Waals surface area (Å²) in [6.45, 7) is 1.75. The number of nitrogens with two attached hydrogens (primary N) is 1. The maximum Gasteiger partial charge on any atom is 0.241 e. The topological polar surface area (TPSA) is 102 Å². The SMILES string of the molecule is Cc1nc(Br)ccc1NC(=O)C(N)CCS(C)(=O)=O. The highest BCUT2D eigenvalue weighted by atomic mass is 79.9. The van der Waals surface area contributed by atoms with Crippen LogP contribution in [0.4, 0.5) is 5.69 Å². The van der Waals surface area contributed by atoms with Crippen LogP contribution >= 0.6 is 15.9 Å². The Labute approximate surface area is 120 Å². The molecule has 1 heterocycles. The van der Waals surface area contributed by atoms with Crippen LogP contribution in [0.2, 0.25) is 0 Å². The van der Waals surface area contributed by atoms with Crippen molar-refractivity contribution in [1.82, 2.24) is 4.98 Å². The fourth-order valence-electron chi connectivity index (χ4n) is 1.36. The fourth-order valence-corrected chi connectivity index (χ4v) is 2.44. The number of nitrogens with one attached hydrogen (secondary N) is 1. The number of sulfone groups is 1. The average molecular weight is 350 g/mol. The Morgan fingerprint density at radius 1 is 1.53 bits per heavy atom. The van der Waals surface area contributed by atoms with E-state index in [1.807, 2.05) is 0 Å². The fraction of sp³-hybridized carbons (Fsp3) is 0.455. The van der Waals surface area contributed by atoms with Crippen LogP contribution in [0.25, 0.3) is 0 Å². The zero-order valence-electron chi connectivity index (χ0n) is 10.7. The number of amides is 1. The summed E-state index contributed by atoms with van der Waals surface area (Å²) in [6.07, 6.45) is 1.20. The number of aryl methyl sites for hydroxylation is 1. The zero-order valence-corrected chi connectivity index (χ0v) is 13.1. The highest BCUT2D eigenvalue weighted by Gasteiger charge is 2.17. The predicted octanol–water partition coefficient (Wildman–Crippen LogP) is 0.853. The number of anilines is 1. The number of aromatic nitrogens is 1. The Balaban J connectivity index is 2.64. The molecule has 0 fully saturated rings. The lowest BCUT2D eigenvalue weighted by molar-refractivity contribution is -0.117. The molecule has 1 atom stereocenters. The smallest absolute Gasteiger partial charge is 0.241 e. The van der Waals surface area contributed by atoms with Gasteiger partial charge in [-0.1, -0.05) is 0 Å². The quantitative estimate of drug-likeness (QED) is 0.767. The molecule has 0 aliphatic rings. The Kier molecular flexibility index (Phi) is 5.45. The van der Waals surface area contributed by atoms with Gasteiger partial charge >= 0.3 is 0 Å². The van der Waals surface area contributed by atoms with Crippen molar-refractivity contribution in [2.24, 2.45) is 5.73 Å². The Bertz CT molecular complexity index is 575. The van der Waals surface area contributed by atoms with Gasteiger partial charge in [0, 0.05) is 6.26 Å². The van der Waals surface area contributed by atoms with Gasteiger partial charge in [-0.05, 0) is 41.4 Å². The number of halogens is 1. The van der Waals surface area contributed by atoms with Crippen molar-refractivity contribution in [3.8, 4) is 0 Å². The van der Waals surface area contributed by atoms with Crippen LogP contribution in [-0.4, -0.2) is 37.4 Å². The van der Waals surface area contributed by atoms with E-state index in [1.165, 1.54) is 0 Å². The van der Waals surface area contributed by atoms with Crippen LogP contribution in [0.3, 0.4) is 0 Å². The van der Waals surface area contributed by atoms with Crippen molar-refractivity contribution in [2.45, 2.75) is 19.4 Å². The number of carbonyl (C=O) groups excluding carboxylic acids is 1. The number of hydrogen-bond acceptors (Lipinski definition) is 5. The van der Waals surface area contributed by atoms with E-state index in [2.05, 4.69) is 26.2 Å². The summed E-state index contributed by atoms with van der Waals surface area (Å²) in [4.78, 5) is 15.9. The van der Waals surface area contributed by atoms with Crippen molar-refractivity contribution < 1.29 is 13.2 Å². The summed E-state index contributed by atoms with van der Waals surface area (Å²) in [5, 5.41) is 2.63. The van der Waals surface area contributed by atoms with Crippen LogP contribution in [-0.2, 0) is 14.6 Å². The van der Waals surface area contributed by atoms with Crippen LogP contribution < -0.4 is 11.1 Å². The molecule has 0 aliphatic carbocycles. The summed E-state index contributed by atoms with van der Waals surface area (Å²) >= 11 is 3.22. The third-order valence-corrected chi connectivity index (χ3v) is 3.87. The lowest BCUT2D eigenvalue weighted by Gasteiger charge is -2.13. The van der Waals surface area contributed by atoms with Crippen LogP contribution in [0.5, 0.6) is 0 Å². The van der Waals surface area contributed by atoms with Gasteiger partial charge in [0.1, 0.15) is 14.4 Å². The number of nitrogens with zero attached hydrogens (tertiary/aromatic N) is 1. The van der Waals surface area contributed by atoms with Gasteiger partial charge in [-0.3, -0.25) is 4.79 Å². The molecule has 0 aliphatic heterocycles. The van der Waals surface area contributed by atoms with Crippen molar-refractivity contribution in [3.63, 3.8) is 0 Å². The highest BCUT2D eigenvalue weighted by Crippen LogP contribution is 2.16. The number of pyridine rings is 1. The maximum atomic E-state index is 11.8. The Hall–Kier alpha value is -0.990. The molecule has 0 aromatic carbocycles. The van der Waals surface area contributed by atoms with E-state index in [1.54, 1.807) is 19.1 Å². The number of carbonyl (C=O) groups is 1. The normalized spacial score (nSPS) is 13.1. The molecule has 19 heavy (non-hydrogen) atoms. The van der Waals surface area contributed by atoms with E-state index >= 15 is 0 Å². The summed E-state index contributed by atoms with van der Waals surface area (Å²) < 4.78 is 22.7. The second-order valence-electron chi connectivity index (χ2n) is 4.28. The number of hydrogen-bond donors (Lipinski definition) is 2. The Morgan fingerprint density at radius 3 is 2.68 bits per heavy atom. The first kappa shape index (κ1) is 16.1. The molecular weight excluding hydrogens is 334 g/mol. The molecule has 1 unspecified atom stereocenters. The molecule has 0 saturated carbocycles. The molecule has 1 aromatic heterocycles. The molecule has 0 bridgehead atoms. The molecule has 8 heteroatoms. The predicted molar refractivity (Wildman–Crippen MR) is 77.6 cm³/mol. The van der Waals surface area contributed by atoms with E-state index in [-0.39, 0.29) is 12.2 Å². The summed E-state index contributed by atoms with van der Waals surface area (Å²) in [5.41, 5.74) is 6.86. The molecule has 3 N–H and O–H groups in total. The van der Waals surface area contributed by atoms with Gasteiger partial charge in [-0.15, -0.1) is 0 Å². The van der Waals surface area contributed by atoms with Gasteiger partial charge in [0.2, 0.25) is 5.91 Å². The minimum Gasteiger partial charge on any atom is -0.323 e. The summed E-state index contributed by atoms with van der Waals surface area (Å²) in [7, 11) is -3.12. The first-order valence-electron chi connectivity index (χ1n) is 5.56. The summed E-state index contributed by atoms with van der Waals surface area (Å²) in [5.74, 6) is -0.532. The van der Waals surface area contributed by atoms with E-state index in [9.17, 15) is 13.2 Å². The molecule has 0 radical (unpaired) electrons. The van der Waals surface area contributed by atoms with Gasteiger partial charge in [0.15, 0.2) is 0 Å². The van der Waals surface area contributed by atoms with E-state index in [0.29, 0.717) is 16.0 Å². The van der Waals surface area contributed by atoms with E-state index < -0.39 is 21.8 Å². The first-order valence-corrected chi connectivity index (χ1v) is 8.42. The van der Waals surface area contributed by atoms with E-state index in [0.717, 1.165) is 6.26 Å². The van der Waals surface area contributed by atoms with Gasteiger partial charge < -0.3 is 11.1 Å². The monoisotopic (exact) mass is 349 g/mol. The van der Waals surface area contributed by atoms with Crippen molar-refractivity contribution >= 4 is 37.4 Å². The third kappa shape index (κ3) is 5.66. The van der Waals surface area contributed by atoms with E-state index in [4.69, 9.17) is 5.73 Å². The lowest BCUT2D eigenvalue weighted by Crippen LogP contribution is -2.37. The van der Waals surface area contributed by atoms with Crippen LogP contribution in [0.15, 0.2) is 16.7 Å². The lowest BCUT2D eigenvalue weighted by atomic mass is 10.2. The zero-order chi connectivity index (χ0) is 14.6. The molecule has 0 saturated heterocycles. The Morgan fingerprint density at radius 2 is 2.16 bits per heavy atom. The van der Waals surface area contributed by atoms with Crippen LogP contribution in [0.1, 0.15) is 12.1 Å². The van der Waals surface area contributed by atoms with Crippen molar-refractivity contribution in [1.29, 1.82) is 0 Å². The highest BCUT2D eigenvalue weighted by molar-refractivity contribution is 9.10. The van der Waals surface area contributed by atoms with Gasteiger partial charge in [0.25, 0.3) is 0 Å². The number of rotatable bonds is 5. The maximum absolute atomic E-state index is 11.8. The first-order chi connectivity index (χ1) is 8.69. The summed E-state index contributed by atoms with van der Waals surface area (Å²) in [6, 6.07) is 2.54. The standard InChI is InChI=1S/C11H16BrN3O3S/c1-7-9(3-4-10(12)14-7)15-11(16)8(13)5-6-19(2,17)18/h3-4,8H,5-6,13H2,1-2H3,(H,15,16). The van der Waals surface area contributed by atoms with Crippen molar-refractivity contribution in [2.75, 3.05) is 17.3 Å². The molecular formula is C11H16BrN3O3S. The average Bonchev–Trinajstić information content (AvgIpc) is 2.28. The molecule has 1 aromatic rings. The minimum absolute atomic E-state index is 0.0909. The molecule has 1 rings (SSSR count). The van der Waals surface area contributed by atoms with Crippen LogP contribution in [0, 0.1) is 6.92 Å². The largest absolute Gasteiger partial charge is 0.323 e. The van der Waals surface area contributed by atoms with Gasteiger partial charge in [-0.2, -0.15) is 0 Å². The molecule has 6 nitrogen and oxygen atoms in total. The van der Waals surface area contributed by atoms with Gasteiger partial charge in [0.05, 0.1) is 23.2 Å². The molecule has 1 amide bonds. The molecule has 106 valence electrons. The minimum atomic E-state index is -3.12. The third-order valence-electron chi connectivity index (χ3n) is 2.45.